The van der Waals surface area contributed by atoms with Gasteiger partial charge in [-0.25, -0.2) is 0 Å². The molecule has 0 saturated heterocycles. The Balaban J connectivity index is 2.38. The van der Waals surface area contributed by atoms with Crippen molar-refractivity contribution in [2.75, 3.05) is 7.11 Å². The number of ether oxygens (including phenoxy) is 1. The first kappa shape index (κ1) is 8.64. The number of carbonyl (C=O) groups excluding carboxylic acids is 1. The summed E-state index contributed by atoms with van der Waals surface area (Å²) in [7, 11) is 1.38. The predicted octanol–water partition coefficient (Wildman–Crippen LogP) is 0.582. The molecule has 0 atom stereocenters. The normalized spacial score (nSPS) is 9.42. The van der Waals surface area contributed by atoms with Gasteiger partial charge in [0.15, 0.2) is 0 Å². The van der Waals surface area contributed by atoms with Crippen molar-refractivity contribution in [1.29, 1.82) is 0 Å². The highest BCUT2D eigenvalue weighted by Gasteiger charge is 2.00. The number of methoxy groups -OCH3 is 1. The van der Waals surface area contributed by atoms with Crippen molar-refractivity contribution in [2.24, 2.45) is 0 Å². The fourth-order valence-corrected chi connectivity index (χ4v) is 0.814. The average Bonchev–Trinajstić information content (AvgIpc) is 2.16. The first-order chi connectivity index (χ1) is 5.83. The molecule has 0 N–H and O–H groups in total. The maximum atomic E-state index is 10.7. The molecule has 1 aromatic rings. The molecule has 0 aromatic carbocycles. The zero-order chi connectivity index (χ0) is 8.81. The third-order valence-electron chi connectivity index (χ3n) is 1.49. The SMILES string of the molecule is COC(=O)CCc1ccnnc1. The summed E-state index contributed by atoms with van der Waals surface area (Å²) >= 11 is 0. The zero-order valence-electron chi connectivity index (χ0n) is 6.86. The Kier molecular flexibility index (Phi) is 3.19. The van der Waals surface area contributed by atoms with Crippen LogP contribution >= 0.6 is 0 Å². The molecule has 0 radical (unpaired) electrons. The summed E-state index contributed by atoms with van der Waals surface area (Å²) < 4.78 is 4.50. The molecular weight excluding hydrogens is 156 g/mol. The van der Waals surface area contributed by atoms with Gasteiger partial charge < -0.3 is 4.74 Å². The summed E-state index contributed by atoms with van der Waals surface area (Å²) in [6.45, 7) is 0. The maximum Gasteiger partial charge on any atom is 0.305 e. The molecule has 64 valence electrons. The third-order valence-corrected chi connectivity index (χ3v) is 1.49. The van der Waals surface area contributed by atoms with Crippen LogP contribution in [0, 0.1) is 0 Å². The van der Waals surface area contributed by atoms with Crippen molar-refractivity contribution in [3.8, 4) is 0 Å². The number of rotatable bonds is 3. The standard InChI is InChI=1S/C8H10N2O2/c1-12-8(11)3-2-7-4-5-9-10-6-7/h4-6H,2-3H2,1H3. The van der Waals surface area contributed by atoms with Crippen molar-refractivity contribution < 1.29 is 9.53 Å². The third kappa shape index (κ3) is 2.65. The van der Waals surface area contributed by atoms with Crippen LogP contribution < -0.4 is 0 Å². The van der Waals surface area contributed by atoms with Crippen molar-refractivity contribution in [3.05, 3.63) is 24.0 Å². The van der Waals surface area contributed by atoms with Gasteiger partial charge in [0.05, 0.1) is 13.3 Å². The highest BCUT2D eigenvalue weighted by Crippen LogP contribution is 1.99. The zero-order valence-corrected chi connectivity index (χ0v) is 6.86. The van der Waals surface area contributed by atoms with Crippen molar-refractivity contribution in [3.63, 3.8) is 0 Å². The fraction of sp³-hybridized carbons (Fsp3) is 0.375. The van der Waals surface area contributed by atoms with Gasteiger partial charge in [-0.2, -0.15) is 10.2 Å². The van der Waals surface area contributed by atoms with Crippen LogP contribution in [0.4, 0.5) is 0 Å². The van der Waals surface area contributed by atoms with Gasteiger partial charge in [0.1, 0.15) is 0 Å². The van der Waals surface area contributed by atoms with Gasteiger partial charge >= 0.3 is 5.97 Å². The lowest BCUT2D eigenvalue weighted by Crippen LogP contribution is -2.02. The largest absolute Gasteiger partial charge is 0.469 e. The Morgan fingerprint density at radius 2 is 2.42 bits per heavy atom. The van der Waals surface area contributed by atoms with E-state index in [9.17, 15) is 4.79 Å². The quantitative estimate of drug-likeness (QED) is 0.616. The van der Waals surface area contributed by atoms with Gasteiger partial charge in [0.2, 0.25) is 0 Å². The lowest BCUT2D eigenvalue weighted by molar-refractivity contribution is -0.140. The predicted molar refractivity (Wildman–Crippen MR) is 42.4 cm³/mol. The summed E-state index contributed by atoms with van der Waals surface area (Å²) in [5, 5.41) is 7.31. The van der Waals surface area contributed by atoms with Crippen molar-refractivity contribution in [2.45, 2.75) is 12.8 Å². The van der Waals surface area contributed by atoms with E-state index in [4.69, 9.17) is 0 Å². The highest BCUT2D eigenvalue weighted by atomic mass is 16.5. The number of carbonyl (C=O) groups is 1. The Hall–Kier alpha value is -1.45. The number of nitrogens with zero attached hydrogens (tertiary/aromatic N) is 2. The maximum absolute atomic E-state index is 10.7. The van der Waals surface area contributed by atoms with E-state index in [1.54, 1.807) is 12.4 Å². The number of hydrogen-bond donors (Lipinski definition) is 0. The summed E-state index contributed by atoms with van der Waals surface area (Å²) in [6, 6.07) is 1.83. The van der Waals surface area contributed by atoms with E-state index in [1.807, 2.05) is 6.07 Å². The number of aromatic nitrogens is 2. The highest BCUT2D eigenvalue weighted by molar-refractivity contribution is 5.69. The van der Waals surface area contributed by atoms with Gasteiger partial charge in [0.25, 0.3) is 0 Å². The smallest absolute Gasteiger partial charge is 0.305 e. The van der Waals surface area contributed by atoms with Crippen LogP contribution in [-0.2, 0) is 16.0 Å². The van der Waals surface area contributed by atoms with E-state index in [-0.39, 0.29) is 5.97 Å². The van der Waals surface area contributed by atoms with E-state index < -0.39 is 0 Å². The van der Waals surface area contributed by atoms with Crippen LogP contribution in [0.2, 0.25) is 0 Å². The van der Waals surface area contributed by atoms with Crippen LogP contribution in [0.15, 0.2) is 18.5 Å². The molecule has 12 heavy (non-hydrogen) atoms. The lowest BCUT2D eigenvalue weighted by atomic mass is 10.2. The topological polar surface area (TPSA) is 52.1 Å². The molecule has 0 aliphatic carbocycles. The summed E-state index contributed by atoms with van der Waals surface area (Å²) in [5.41, 5.74) is 0.996. The molecule has 1 aromatic heterocycles. The van der Waals surface area contributed by atoms with Gasteiger partial charge in [-0.15, -0.1) is 0 Å². The van der Waals surface area contributed by atoms with Crippen LogP contribution in [-0.4, -0.2) is 23.3 Å². The Bertz CT molecular complexity index is 248. The van der Waals surface area contributed by atoms with Crippen LogP contribution in [0.1, 0.15) is 12.0 Å². The van der Waals surface area contributed by atoms with Crippen molar-refractivity contribution in [1.82, 2.24) is 10.2 Å². The number of aryl methyl sites for hydroxylation is 1. The van der Waals surface area contributed by atoms with E-state index in [0.717, 1.165) is 5.56 Å². The average molecular weight is 166 g/mol. The molecule has 4 heteroatoms. The van der Waals surface area contributed by atoms with Crippen LogP contribution in [0.25, 0.3) is 0 Å². The second-order valence-electron chi connectivity index (χ2n) is 2.33. The minimum Gasteiger partial charge on any atom is -0.469 e. The first-order valence-corrected chi connectivity index (χ1v) is 3.65. The molecule has 1 heterocycles. The molecule has 0 bridgehead atoms. The van der Waals surface area contributed by atoms with Crippen LogP contribution in [0.3, 0.4) is 0 Å². The molecule has 0 fully saturated rings. The molecular formula is C8H10N2O2. The van der Waals surface area contributed by atoms with Crippen molar-refractivity contribution >= 4 is 5.97 Å². The molecule has 4 nitrogen and oxygen atoms in total. The Morgan fingerprint density at radius 3 is 3.00 bits per heavy atom. The summed E-state index contributed by atoms with van der Waals surface area (Å²) in [5.74, 6) is -0.202. The van der Waals surface area contributed by atoms with Gasteiger partial charge in [-0.3, -0.25) is 4.79 Å². The Morgan fingerprint density at radius 1 is 1.58 bits per heavy atom. The molecule has 0 saturated carbocycles. The summed E-state index contributed by atoms with van der Waals surface area (Å²) in [4.78, 5) is 10.7. The van der Waals surface area contributed by atoms with Crippen LogP contribution in [0.5, 0.6) is 0 Å². The molecule has 0 amide bonds. The van der Waals surface area contributed by atoms with E-state index in [0.29, 0.717) is 12.8 Å². The van der Waals surface area contributed by atoms with E-state index in [1.165, 1.54) is 7.11 Å². The number of hydrogen-bond acceptors (Lipinski definition) is 4. The van der Waals surface area contributed by atoms with Gasteiger partial charge in [0, 0.05) is 12.6 Å². The second-order valence-corrected chi connectivity index (χ2v) is 2.33. The molecule has 0 aliphatic heterocycles. The fourth-order valence-electron chi connectivity index (χ4n) is 0.814. The van der Waals surface area contributed by atoms with Gasteiger partial charge in [-0.05, 0) is 18.1 Å². The minimum atomic E-state index is -0.202. The molecule has 0 unspecified atom stereocenters. The molecule has 1 rings (SSSR count). The van der Waals surface area contributed by atoms with E-state index in [2.05, 4.69) is 14.9 Å². The monoisotopic (exact) mass is 166 g/mol. The van der Waals surface area contributed by atoms with E-state index >= 15 is 0 Å². The summed E-state index contributed by atoms with van der Waals surface area (Å²) in [6.07, 6.45) is 4.29. The Labute approximate surface area is 70.6 Å². The molecule has 0 spiro atoms. The number of esters is 1. The van der Waals surface area contributed by atoms with Gasteiger partial charge in [-0.1, -0.05) is 0 Å². The first-order valence-electron chi connectivity index (χ1n) is 3.65. The second kappa shape index (κ2) is 4.43. The lowest BCUT2D eigenvalue weighted by Gasteiger charge is -1.97. The molecule has 0 aliphatic rings. The minimum absolute atomic E-state index is 0.202.